The summed E-state index contributed by atoms with van der Waals surface area (Å²) in [5.74, 6) is 1.55. The van der Waals surface area contributed by atoms with Gasteiger partial charge in [0.05, 0.1) is 16.9 Å². The second-order valence-electron chi connectivity index (χ2n) is 10.9. The van der Waals surface area contributed by atoms with Gasteiger partial charge in [-0.1, -0.05) is 32.9 Å². The number of aryl methyl sites for hydroxylation is 2. The molecule has 0 atom stereocenters. The molecule has 0 spiro atoms. The molecule has 4 aromatic rings. The number of ether oxygens (including phenoxy) is 1. The van der Waals surface area contributed by atoms with E-state index in [-0.39, 0.29) is 11.3 Å². The van der Waals surface area contributed by atoms with E-state index < -0.39 is 0 Å². The first-order valence-corrected chi connectivity index (χ1v) is 12.9. The average molecular weight is 514 g/mol. The van der Waals surface area contributed by atoms with E-state index in [1.54, 1.807) is 12.3 Å². The number of rotatable bonds is 5. The van der Waals surface area contributed by atoms with Gasteiger partial charge in [-0.2, -0.15) is 4.98 Å². The molecule has 1 amide bonds. The molecule has 9 nitrogen and oxygen atoms in total. The van der Waals surface area contributed by atoms with Gasteiger partial charge < -0.3 is 24.4 Å². The highest BCUT2D eigenvalue weighted by Gasteiger charge is 2.21. The number of nitrogens with zero attached hydrogens (tertiary/aromatic N) is 6. The van der Waals surface area contributed by atoms with Gasteiger partial charge in [0.2, 0.25) is 11.8 Å². The van der Waals surface area contributed by atoms with Crippen LogP contribution < -0.4 is 15.0 Å². The van der Waals surface area contributed by atoms with Gasteiger partial charge in [0.25, 0.3) is 5.91 Å². The van der Waals surface area contributed by atoms with E-state index >= 15 is 0 Å². The molecule has 1 N–H and O–H groups in total. The number of nitrogens with one attached hydrogen (secondary N) is 1. The third-order valence-corrected chi connectivity index (χ3v) is 7.07. The molecule has 0 unspecified atom stereocenters. The number of aromatic nitrogens is 4. The first-order valence-electron chi connectivity index (χ1n) is 12.9. The van der Waals surface area contributed by atoms with E-state index in [0.29, 0.717) is 29.0 Å². The predicted molar refractivity (Wildman–Crippen MR) is 150 cm³/mol. The highest BCUT2D eigenvalue weighted by molar-refractivity contribution is 6.07. The van der Waals surface area contributed by atoms with Crippen molar-refractivity contribution in [3.63, 3.8) is 0 Å². The molecule has 198 valence electrons. The lowest BCUT2D eigenvalue weighted by atomic mass is 9.88. The van der Waals surface area contributed by atoms with Gasteiger partial charge in [-0.25, -0.2) is 4.98 Å². The summed E-state index contributed by atoms with van der Waals surface area (Å²) < 4.78 is 8.12. The number of fused-ring (bicyclic) bond motifs is 1. The minimum absolute atomic E-state index is 0.0721. The predicted octanol–water partition coefficient (Wildman–Crippen LogP) is 4.77. The topological polar surface area (TPSA) is 88.4 Å². The van der Waals surface area contributed by atoms with Gasteiger partial charge in [0, 0.05) is 57.1 Å². The van der Waals surface area contributed by atoms with Crippen LogP contribution >= 0.6 is 0 Å². The van der Waals surface area contributed by atoms with Gasteiger partial charge in [-0.05, 0) is 43.1 Å². The highest BCUT2D eigenvalue weighted by Crippen LogP contribution is 2.32. The summed E-state index contributed by atoms with van der Waals surface area (Å²) in [5.41, 5.74) is 3.81. The molecule has 5 rings (SSSR count). The van der Waals surface area contributed by atoms with Crippen LogP contribution in [-0.2, 0) is 12.5 Å². The molecular formula is C29H35N7O2. The second-order valence-corrected chi connectivity index (χ2v) is 10.9. The average Bonchev–Trinajstić information content (AvgIpc) is 3.23. The standard InChI is InChI=1S/C29H35N7O2/c1-19-22(17-21(18-31-19)29(2,3)4)32-27(37)23-16-20-8-7-9-24(26(20)35(23)6)38-25-10-11-30-28(33-25)36-14-12-34(5)13-15-36/h7-11,16-18H,12-15H2,1-6H3,(H,32,37). The Kier molecular flexibility index (Phi) is 6.79. The number of likely N-dealkylation sites (N-methyl/N-ethyl adjacent to an activating group) is 1. The van der Waals surface area contributed by atoms with Crippen molar-refractivity contribution >= 4 is 28.4 Å². The number of pyridine rings is 1. The van der Waals surface area contributed by atoms with Crippen LogP contribution in [0, 0.1) is 6.92 Å². The van der Waals surface area contributed by atoms with Gasteiger partial charge in [0.15, 0.2) is 5.75 Å². The van der Waals surface area contributed by atoms with Crippen LogP contribution in [0.5, 0.6) is 11.6 Å². The zero-order chi connectivity index (χ0) is 27.0. The number of carbonyl (C=O) groups is 1. The largest absolute Gasteiger partial charge is 0.437 e. The molecule has 0 radical (unpaired) electrons. The summed E-state index contributed by atoms with van der Waals surface area (Å²) in [6.45, 7) is 12.0. The van der Waals surface area contributed by atoms with Crippen molar-refractivity contribution in [3.05, 3.63) is 65.7 Å². The van der Waals surface area contributed by atoms with Crippen molar-refractivity contribution < 1.29 is 9.53 Å². The van der Waals surface area contributed by atoms with Crippen LogP contribution in [0.4, 0.5) is 11.6 Å². The second kappa shape index (κ2) is 10.1. The van der Waals surface area contributed by atoms with Crippen LogP contribution in [-0.4, -0.2) is 63.6 Å². The fourth-order valence-electron chi connectivity index (χ4n) is 4.60. The quantitative estimate of drug-likeness (QED) is 0.411. The number of piperazine rings is 1. The number of carbonyl (C=O) groups excluding carboxylic acids is 1. The van der Waals surface area contributed by atoms with E-state index in [1.165, 1.54) is 0 Å². The summed E-state index contributed by atoms with van der Waals surface area (Å²) in [6.07, 6.45) is 3.59. The lowest BCUT2D eigenvalue weighted by Crippen LogP contribution is -2.45. The first-order chi connectivity index (χ1) is 18.1. The van der Waals surface area contributed by atoms with E-state index in [2.05, 4.69) is 57.9 Å². The van der Waals surface area contributed by atoms with Crippen LogP contribution in [0.3, 0.4) is 0 Å². The van der Waals surface area contributed by atoms with Crippen LogP contribution in [0.15, 0.2) is 48.8 Å². The van der Waals surface area contributed by atoms with E-state index in [1.807, 2.05) is 55.1 Å². The molecule has 1 aliphatic rings. The van der Waals surface area contributed by atoms with Gasteiger partial charge in [-0.3, -0.25) is 9.78 Å². The van der Waals surface area contributed by atoms with Crippen molar-refractivity contribution in [1.82, 2.24) is 24.4 Å². The smallest absolute Gasteiger partial charge is 0.272 e. The maximum absolute atomic E-state index is 13.4. The molecule has 0 bridgehead atoms. The van der Waals surface area contributed by atoms with Crippen LogP contribution in [0.1, 0.15) is 42.5 Å². The molecule has 1 fully saturated rings. The summed E-state index contributed by atoms with van der Waals surface area (Å²) in [4.78, 5) is 31.5. The summed E-state index contributed by atoms with van der Waals surface area (Å²) >= 11 is 0. The molecule has 1 aliphatic heterocycles. The number of anilines is 2. The third kappa shape index (κ3) is 5.19. The molecule has 9 heteroatoms. The van der Waals surface area contributed by atoms with Gasteiger partial charge in [-0.15, -0.1) is 0 Å². The van der Waals surface area contributed by atoms with Crippen molar-refractivity contribution in [2.24, 2.45) is 7.05 Å². The van der Waals surface area contributed by atoms with E-state index in [9.17, 15) is 4.79 Å². The lowest BCUT2D eigenvalue weighted by Gasteiger charge is -2.32. The molecule has 0 saturated carbocycles. The van der Waals surface area contributed by atoms with E-state index in [4.69, 9.17) is 4.74 Å². The molecule has 38 heavy (non-hydrogen) atoms. The Hall–Kier alpha value is -3.98. The minimum Gasteiger partial charge on any atom is -0.437 e. The molecular weight excluding hydrogens is 478 g/mol. The fraction of sp³-hybridized carbons (Fsp3) is 0.379. The zero-order valence-electron chi connectivity index (χ0n) is 22.9. The van der Waals surface area contributed by atoms with Crippen molar-refractivity contribution in [2.75, 3.05) is 43.4 Å². The Labute approximate surface area is 223 Å². The van der Waals surface area contributed by atoms with Gasteiger partial charge >= 0.3 is 0 Å². The van der Waals surface area contributed by atoms with Crippen LogP contribution in [0.25, 0.3) is 10.9 Å². The Balaban J connectivity index is 1.41. The Morgan fingerprint density at radius 1 is 1.03 bits per heavy atom. The zero-order valence-corrected chi connectivity index (χ0v) is 22.9. The summed E-state index contributed by atoms with van der Waals surface area (Å²) in [6, 6.07) is 11.4. The lowest BCUT2D eigenvalue weighted by molar-refractivity contribution is 0.101. The summed E-state index contributed by atoms with van der Waals surface area (Å²) in [7, 11) is 3.99. The molecule has 0 aliphatic carbocycles. The Morgan fingerprint density at radius 3 is 2.53 bits per heavy atom. The first kappa shape index (κ1) is 25.7. The monoisotopic (exact) mass is 513 g/mol. The van der Waals surface area contributed by atoms with Crippen molar-refractivity contribution in [1.29, 1.82) is 0 Å². The molecule has 4 heterocycles. The van der Waals surface area contributed by atoms with E-state index in [0.717, 1.165) is 48.3 Å². The Morgan fingerprint density at radius 2 is 1.79 bits per heavy atom. The van der Waals surface area contributed by atoms with Crippen molar-refractivity contribution in [2.45, 2.75) is 33.1 Å². The van der Waals surface area contributed by atoms with Crippen molar-refractivity contribution in [3.8, 4) is 11.6 Å². The number of hydrogen-bond acceptors (Lipinski definition) is 7. The Bertz CT molecular complexity index is 1480. The highest BCUT2D eigenvalue weighted by atomic mass is 16.5. The molecule has 1 saturated heterocycles. The molecule has 3 aromatic heterocycles. The minimum atomic E-state index is -0.204. The third-order valence-electron chi connectivity index (χ3n) is 7.07. The van der Waals surface area contributed by atoms with Gasteiger partial charge in [0.1, 0.15) is 5.69 Å². The SMILES string of the molecule is Cc1ncc(C(C)(C)C)cc1NC(=O)c1cc2cccc(Oc3ccnc(N4CCN(C)CC4)n3)c2n1C. The number of amides is 1. The number of para-hydroxylation sites is 1. The molecule has 1 aromatic carbocycles. The number of benzene rings is 1. The fourth-order valence-corrected chi connectivity index (χ4v) is 4.60. The summed E-state index contributed by atoms with van der Waals surface area (Å²) in [5, 5.41) is 3.97. The van der Waals surface area contributed by atoms with Crippen LogP contribution in [0.2, 0.25) is 0 Å². The number of hydrogen-bond donors (Lipinski definition) is 1. The maximum atomic E-state index is 13.4. The normalized spacial score (nSPS) is 14.6. The maximum Gasteiger partial charge on any atom is 0.272 e.